The van der Waals surface area contributed by atoms with Gasteiger partial charge in [-0.15, -0.1) is 11.3 Å². The number of aryl methyl sites for hydroxylation is 2. The molecule has 1 aromatic heterocycles. The topological polar surface area (TPSA) is 79.3 Å². The minimum atomic E-state index is -1.06. The quantitative estimate of drug-likeness (QED) is 0.837. The second-order valence-electron chi connectivity index (χ2n) is 5.26. The zero-order chi connectivity index (χ0) is 15.3. The van der Waals surface area contributed by atoms with E-state index >= 15 is 0 Å². The molecule has 1 saturated heterocycles. The maximum atomic E-state index is 12.0. The number of hydrogen-bond donors (Lipinski definition) is 2. The van der Waals surface area contributed by atoms with Crippen LogP contribution in [0.4, 0.5) is 0 Å². The van der Waals surface area contributed by atoms with Crippen LogP contribution in [0.5, 0.6) is 0 Å². The average molecular weight is 328 g/mol. The van der Waals surface area contributed by atoms with E-state index in [0.717, 1.165) is 28.6 Å². The number of hydrogen-bond acceptors (Lipinski definition) is 5. The van der Waals surface area contributed by atoms with Crippen LogP contribution >= 0.6 is 23.1 Å². The van der Waals surface area contributed by atoms with Gasteiger partial charge >= 0.3 is 5.97 Å². The van der Waals surface area contributed by atoms with E-state index in [1.165, 1.54) is 0 Å². The van der Waals surface area contributed by atoms with Gasteiger partial charge in [-0.05, 0) is 44.1 Å². The smallest absolute Gasteiger partial charge is 0.329 e. The summed E-state index contributed by atoms with van der Waals surface area (Å²) in [7, 11) is 0. The molecule has 116 valence electrons. The maximum Gasteiger partial charge on any atom is 0.329 e. The van der Waals surface area contributed by atoms with E-state index in [9.17, 15) is 14.7 Å². The number of nitrogens with zero attached hydrogens (tertiary/aromatic N) is 1. The Labute approximate surface area is 132 Å². The minimum Gasteiger partial charge on any atom is -0.480 e. The number of aromatic nitrogens is 1. The highest BCUT2D eigenvalue weighted by Crippen LogP contribution is 2.27. The van der Waals surface area contributed by atoms with E-state index in [1.807, 2.05) is 12.3 Å². The van der Waals surface area contributed by atoms with Crippen molar-refractivity contribution in [3.63, 3.8) is 0 Å². The molecule has 1 amide bonds. The monoisotopic (exact) mass is 328 g/mol. The van der Waals surface area contributed by atoms with Crippen molar-refractivity contribution in [2.24, 2.45) is 0 Å². The second kappa shape index (κ2) is 7.26. The molecule has 1 fully saturated rings. The van der Waals surface area contributed by atoms with Crippen molar-refractivity contribution in [1.29, 1.82) is 0 Å². The Morgan fingerprint density at radius 2 is 2.14 bits per heavy atom. The lowest BCUT2D eigenvalue weighted by Crippen LogP contribution is -2.56. The van der Waals surface area contributed by atoms with Gasteiger partial charge in [-0.3, -0.25) is 4.79 Å². The molecule has 1 aromatic rings. The van der Waals surface area contributed by atoms with Gasteiger partial charge in [0.25, 0.3) is 0 Å². The summed E-state index contributed by atoms with van der Waals surface area (Å²) in [6.45, 7) is 1.96. The van der Waals surface area contributed by atoms with Crippen LogP contribution in [0.3, 0.4) is 0 Å². The molecule has 2 N–H and O–H groups in total. The number of amides is 1. The Hall–Kier alpha value is -1.08. The number of carbonyl (C=O) groups excluding carboxylic acids is 1. The summed E-state index contributed by atoms with van der Waals surface area (Å²) in [5.74, 6) is 0.484. The molecule has 7 heteroatoms. The van der Waals surface area contributed by atoms with Gasteiger partial charge in [0.15, 0.2) is 0 Å². The Morgan fingerprint density at radius 1 is 1.43 bits per heavy atom. The molecule has 0 saturated carbocycles. The van der Waals surface area contributed by atoms with Gasteiger partial charge in [0.05, 0.1) is 10.7 Å². The third kappa shape index (κ3) is 4.44. The summed E-state index contributed by atoms with van der Waals surface area (Å²) >= 11 is 3.34. The second-order valence-corrected chi connectivity index (χ2v) is 7.55. The Balaban J connectivity index is 1.81. The fourth-order valence-electron chi connectivity index (χ4n) is 2.39. The van der Waals surface area contributed by atoms with E-state index in [4.69, 9.17) is 0 Å². The fourth-order valence-corrected chi connectivity index (χ4v) is 4.23. The third-order valence-electron chi connectivity index (χ3n) is 3.64. The molecule has 0 radical (unpaired) electrons. The Morgan fingerprint density at radius 3 is 2.71 bits per heavy atom. The first-order valence-corrected chi connectivity index (χ1v) is 9.08. The number of carboxylic acids is 1. The highest BCUT2D eigenvalue weighted by molar-refractivity contribution is 7.99. The molecule has 2 heterocycles. The Bertz CT molecular complexity index is 510. The van der Waals surface area contributed by atoms with E-state index in [0.29, 0.717) is 25.7 Å². The van der Waals surface area contributed by atoms with Crippen molar-refractivity contribution in [3.8, 4) is 0 Å². The average Bonchev–Trinajstić information content (AvgIpc) is 2.85. The largest absolute Gasteiger partial charge is 0.480 e. The number of carbonyl (C=O) groups is 2. The first-order chi connectivity index (χ1) is 10.0. The molecular weight excluding hydrogens is 308 g/mol. The lowest BCUT2D eigenvalue weighted by molar-refractivity contribution is -0.148. The lowest BCUT2D eigenvalue weighted by atomic mass is 9.92. The SMILES string of the molecule is Cc1nc(CCCC(=O)NC2(C(=O)O)CCSCC2)cs1. The van der Waals surface area contributed by atoms with Crippen molar-refractivity contribution in [1.82, 2.24) is 10.3 Å². The van der Waals surface area contributed by atoms with Crippen molar-refractivity contribution in [2.75, 3.05) is 11.5 Å². The third-order valence-corrected chi connectivity index (χ3v) is 5.45. The first kappa shape index (κ1) is 16.3. The number of thiazole rings is 1. The molecule has 0 unspecified atom stereocenters. The van der Waals surface area contributed by atoms with Crippen LogP contribution in [-0.4, -0.2) is 39.0 Å². The molecule has 2 rings (SSSR count). The van der Waals surface area contributed by atoms with Crippen LogP contribution in [0.1, 0.15) is 36.4 Å². The number of aliphatic carboxylic acids is 1. The molecule has 21 heavy (non-hydrogen) atoms. The summed E-state index contributed by atoms with van der Waals surface area (Å²) in [4.78, 5) is 27.8. The normalized spacial score (nSPS) is 17.4. The molecule has 0 aliphatic carbocycles. The number of nitrogens with one attached hydrogen (secondary N) is 1. The van der Waals surface area contributed by atoms with E-state index in [1.54, 1.807) is 23.1 Å². The van der Waals surface area contributed by atoms with Crippen LogP contribution in [0.25, 0.3) is 0 Å². The van der Waals surface area contributed by atoms with Crippen LogP contribution < -0.4 is 5.32 Å². The van der Waals surface area contributed by atoms with Crippen molar-refractivity contribution >= 4 is 35.0 Å². The van der Waals surface area contributed by atoms with Crippen molar-refractivity contribution < 1.29 is 14.7 Å². The summed E-state index contributed by atoms with van der Waals surface area (Å²) in [5.41, 5.74) is -0.0492. The van der Waals surface area contributed by atoms with Gasteiger partial charge in [-0.25, -0.2) is 9.78 Å². The summed E-state index contributed by atoms with van der Waals surface area (Å²) < 4.78 is 0. The number of carboxylic acid groups (broad SMARTS) is 1. The zero-order valence-corrected chi connectivity index (χ0v) is 13.7. The highest BCUT2D eigenvalue weighted by Gasteiger charge is 2.40. The predicted octanol–water partition coefficient (Wildman–Crippen LogP) is 2.24. The standard InChI is InChI=1S/C14H20N2O3S2/c1-10-15-11(9-21-10)3-2-4-12(17)16-14(13(18)19)5-7-20-8-6-14/h9H,2-8H2,1H3,(H,16,17)(H,18,19). The van der Waals surface area contributed by atoms with Crippen molar-refractivity contribution in [3.05, 3.63) is 16.1 Å². The van der Waals surface area contributed by atoms with Crippen molar-refractivity contribution in [2.45, 2.75) is 44.6 Å². The van der Waals surface area contributed by atoms with Gasteiger partial charge in [-0.2, -0.15) is 11.8 Å². The van der Waals surface area contributed by atoms with Gasteiger partial charge in [0.1, 0.15) is 5.54 Å². The molecular formula is C14H20N2O3S2. The van der Waals surface area contributed by atoms with E-state index in [-0.39, 0.29) is 5.91 Å². The molecule has 5 nitrogen and oxygen atoms in total. The zero-order valence-electron chi connectivity index (χ0n) is 12.1. The fraction of sp³-hybridized carbons (Fsp3) is 0.643. The van der Waals surface area contributed by atoms with Crippen LogP contribution in [-0.2, 0) is 16.0 Å². The molecule has 0 spiro atoms. The molecule has 1 aliphatic rings. The van der Waals surface area contributed by atoms with E-state index < -0.39 is 11.5 Å². The van der Waals surface area contributed by atoms with Crippen LogP contribution in [0, 0.1) is 6.92 Å². The molecule has 0 aromatic carbocycles. The highest BCUT2D eigenvalue weighted by atomic mass is 32.2. The minimum absolute atomic E-state index is 0.170. The molecule has 0 atom stereocenters. The van der Waals surface area contributed by atoms with Gasteiger partial charge in [0.2, 0.25) is 5.91 Å². The van der Waals surface area contributed by atoms with Crippen LogP contribution in [0.2, 0.25) is 0 Å². The van der Waals surface area contributed by atoms with E-state index in [2.05, 4.69) is 10.3 Å². The van der Waals surface area contributed by atoms with Gasteiger partial charge in [0, 0.05) is 11.8 Å². The van der Waals surface area contributed by atoms with Crippen LogP contribution in [0.15, 0.2) is 5.38 Å². The first-order valence-electron chi connectivity index (χ1n) is 7.05. The number of rotatable bonds is 6. The molecule has 0 bridgehead atoms. The Kier molecular flexibility index (Phi) is 5.64. The summed E-state index contributed by atoms with van der Waals surface area (Å²) in [6.07, 6.45) is 2.81. The summed E-state index contributed by atoms with van der Waals surface area (Å²) in [5, 5.41) is 15.2. The summed E-state index contributed by atoms with van der Waals surface area (Å²) in [6, 6.07) is 0. The number of thioether (sulfide) groups is 1. The molecule has 1 aliphatic heterocycles. The maximum absolute atomic E-state index is 12.0. The predicted molar refractivity (Wildman–Crippen MR) is 84.9 cm³/mol. The lowest BCUT2D eigenvalue weighted by Gasteiger charge is -2.33. The van der Waals surface area contributed by atoms with Gasteiger partial charge in [-0.1, -0.05) is 0 Å². The van der Waals surface area contributed by atoms with Gasteiger partial charge < -0.3 is 10.4 Å².